The number of nitrogens with one attached hydrogen (secondary N) is 5. The summed E-state index contributed by atoms with van der Waals surface area (Å²) in [5.41, 5.74) is 4.26. The zero-order valence-electron chi connectivity index (χ0n) is 34.4. The summed E-state index contributed by atoms with van der Waals surface area (Å²) < 4.78 is 0. The number of carboxylic acids is 2. The molecule has 0 aromatic carbocycles. The molecule has 0 spiro atoms. The van der Waals surface area contributed by atoms with Gasteiger partial charge in [-0.3, -0.25) is 47.9 Å². The molecule has 2 aliphatic rings. The number of aliphatic hydroxyl groups excluding tert-OH is 2. The van der Waals surface area contributed by atoms with E-state index in [1.807, 2.05) is 0 Å². The van der Waals surface area contributed by atoms with Crippen LogP contribution in [0.1, 0.15) is 97.8 Å². The predicted octanol–water partition coefficient (Wildman–Crippen LogP) is -3.22. The number of β-amino-alcohol motifs (C(OH)–C–C–N with tert-alkyl or cyclic N) is 1. The van der Waals surface area contributed by atoms with Gasteiger partial charge in [-0.15, -0.1) is 0 Å². The number of carboxylic acid groups (broad SMARTS) is 2. The maximum Gasteiger partial charge on any atom is 0.326 e. The van der Waals surface area contributed by atoms with Crippen molar-refractivity contribution in [2.45, 2.75) is 140 Å². The van der Waals surface area contributed by atoms with Crippen molar-refractivity contribution in [1.29, 1.82) is 0 Å². The van der Waals surface area contributed by atoms with Crippen molar-refractivity contribution in [2.75, 3.05) is 13.2 Å². The summed E-state index contributed by atoms with van der Waals surface area (Å²) in [5, 5.41) is 50.3. The molecule has 23 nitrogen and oxygen atoms in total. The number of carbonyl (C=O) groups is 11. The Labute approximate surface area is 351 Å². The molecule has 1 saturated heterocycles. The molecule has 7 atom stereocenters. The highest BCUT2D eigenvalue weighted by molar-refractivity contribution is 6.60. The Morgan fingerprint density at radius 1 is 0.803 bits per heavy atom. The molecular formula is C38H58N8O15. The van der Waals surface area contributed by atoms with E-state index < -0.39 is 133 Å². The number of hydrogen-bond acceptors (Lipinski definition) is 13. The summed E-state index contributed by atoms with van der Waals surface area (Å²) in [7, 11) is 0. The number of nitrogens with two attached hydrogens (primary N) is 1. The molecule has 2 rings (SSSR count). The fourth-order valence-electron chi connectivity index (χ4n) is 6.92. The van der Waals surface area contributed by atoms with Crippen LogP contribution in [0.4, 0.5) is 0 Å². The predicted molar refractivity (Wildman–Crippen MR) is 211 cm³/mol. The average molecular weight is 867 g/mol. The maximum absolute atomic E-state index is 13.9. The smallest absolute Gasteiger partial charge is 0.326 e. The van der Waals surface area contributed by atoms with Gasteiger partial charge in [-0.2, -0.15) is 0 Å². The number of aldehydes is 1. The molecule has 340 valence electrons. The number of carbonyl (C=O) groups excluding carboxylic acids is 9. The van der Waals surface area contributed by atoms with Gasteiger partial charge < -0.3 is 57.6 Å². The molecule has 2 fully saturated rings. The number of amides is 8. The van der Waals surface area contributed by atoms with Crippen molar-refractivity contribution in [3.8, 4) is 0 Å². The van der Waals surface area contributed by atoms with Crippen LogP contribution >= 0.6 is 0 Å². The number of likely N-dealkylation sites (tertiary alicyclic amines) is 1. The summed E-state index contributed by atoms with van der Waals surface area (Å²) in [6, 6.07) is -8.70. The van der Waals surface area contributed by atoms with Crippen LogP contribution in [-0.2, 0) is 52.7 Å². The van der Waals surface area contributed by atoms with Gasteiger partial charge in [-0.1, -0.05) is 33.1 Å². The van der Waals surface area contributed by atoms with Gasteiger partial charge in [-0.25, -0.2) is 9.79 Å². The molecule has 1 heterocycles. The van der Waals surface area contributed by atoms with Gasteiger partial charge in [0, 0.05) is 32.2 Å². The van der Waals surface area contributed by atoms with Gasteiger partial charge >= 0.3 is 11.9 Å². The van der Waals surface area contributed by atoms with Crippen LogP contribution in [0, 0.1) is 11.8 Å². The van der Waals surface area contributed by atoms with E-state index in [9.17, 15) is 68.1 Å². The molecule has 0 aromatic heterocycles. The average Bonchev–Trinajstić information content (AvgIpc) is 3.60. The third-order valence-corrected chi connectivity index (χ3v) is 10.1. The van der Waals surface area contributed by atoms with E-state index in [0.717, 1.165) is 11.3 Å². The normalized spacial score (nSPS) is 19.3. The minimum absolute atomic E-state index is 0.00331. The summed E-state index contributed by atoms with van der Waals surface area (Å²) in [6.45, 7) is 3.48. The van der Waals surface area contributed by atoms with Crippen molar-refractivity contribution in [2.24, 2.45) is 22.6 Å². The van der Waals surface area contributed by atoms with Crippen molar-refractivity contribution in [1.82, 2.24) is 31.5 Å². The van der Waals surface area contributed by atoms with Crippen LogP contribution in [0.15, 0.2) is 4.99 Å². The van der Waals surface area contributed by atoms with E-state index in [4.69, 9.17) is 10.8 Å². The fourth-order valence-corrected chi connectivity index (χ4v) is 6.92. The van der Waals surface area contributed by atoms with E-state index in [0.29, 0.717) is 25.7 Å². The molecule has 1 aliphatic heterocycles. The molecule has 1 saturated carbocycles. The zero-order valence-corrected chi connectivity index (χ0v) is 34.4. The maximum atomic E-state index is 13.9. The van der Waals surface area contributed by atoms with Gasteiger partial charge in [0.25, 0.3) is 11.8 Å². The minimum Gasteiger partial charge on any atom is -0.481 e. The lowest BCUT2D eigenvalue weighted by Gasteiger charge is -2.32. The van der Waals surface area contributed by atoms with E-state index >= 15 is 0 Å². The van der Waals surface area contributed by atoms with Gasteiger partial charge in [0.1, 0.15) is 36.3 Å². The van der Waals surface area contributed by atoms with Crippen LogP contribution in [0.5, 0.6) is 0 Å². The molecule has 1 unspecified atom stereocenters. The monoisotopic (exact) mass is 866 g/mol. The quantitative estimate of drug-likeness (QED) is 0.0259. The lowest BCUT2D eigenvalue weighted by molar-refractivity contribution is -0.141. The summed E-state index contributed by atoms with van der Waals surface area (Å²) >= 11 is 0. The highest BCUT2D eigenvalue weighted by Crippen LogP contribution is 2.27. The first-order valence-corrected chi connectivity index (χ1v) is 20.1. The van der Waals surface area contributed by atoms with Crippen molar-refractivity contribution < 1.29 is 73.2 Å². The number of aliphatic carboxylic acids is 2. The first-order chi connectivity index (χ1) is 28.7. The van der Waals surface area contributed by atoms with Gasteiger partial charge in [0.2, 0.25) is 35.4 Å². The van der Waals surface area contributed by atoms with Crippen molar-refractivity contribution in [3.05, 3.63) is 0 Å². The second-order valence-electron chi connectivity index (χ2n) is 15.6. The second kappa shape index (κ2) is 25.1. The summed E-state index contributed by atoms with van der Waals surface area (Å²) in [5.74, 6) is -11.0. The number of hydrogen-bond donors (Lipinski definition) is 10. The van der Waals surface area contributed by atoms with Crippen molar-refractivity contribution >= 4 is 71.2 Å². The Bertz CT molecular complexity index is 1680. The van der Waals surface area contributed by atoms with E-state index in [2.05, 4.69) is 31.6 Å². The van der Waals surface area contributed by atoms with Gasteiger partial charge in [0.15, 0.2) is 12.0 Å². The second-order valence-corrected chi connectivity index (χ2v) is 15.6. The Kier molecular flexibility index (Phi) is 21.1. The summed E-state index contributed by atoms with van der Waals surface area (Å²) in [4.78, 5) is 143. The van der Waals surface area contributed by atoms with Crippen LogP contribution < -0.4 is 32.3 Å². The van der Waals surface area contributed by atoms with E-state index in [1.54, 1.807) is 13.8 Å². The molecule has 0 bridgehead atoms. The van der Waals surface area contributed by atoms with Crippen molar-refractivity contribution in [3.63, 3.8) is 0 Å². The number of primary amides is 1. The highest BCUT2D eigenvalue weighted by Gasteiger charge is 2.40. The first kappa shape index (κ1) is 51.3. The Balaban J connectivity index is 2.24. The molecule has 23 heteroatoms. The molecular weight excluding hydrogens is 808 g/mol. The van der Waals surface area contributed by atoms with Crippen LogP contribution in [-0.4, -0.2) is 152 Å². The Morgan fingerprint density at radius 3 is 2.00 bits per heavy atom. The van der Waals surface area contributed by atoms with Gasteiger partial charge in [-0.05, 0) is 50.9 Å². The van der Waals surface area contributed by atoms with E-state index in [-0.39, 0.29) is 50.9 Å². The lowest BCUT2D eigenvalue weighted by atomic mass is 9.83. The van der Waals surface area contributed by atoms with Crippen LogP contribution in [0.3, 0.4) is 0 Å². The highest BCUT2D eigenvalue weighted by atomic mass is 16.4. The molecule has 0 aromatic rings. The minimum atomic E-state index is -1.68. The molecule has 0 radical (unpaired) electrons. The van der Waals surface area contributed by atoms with Crippen LogP contribution in [0.25, 0.3) is 0 Å². The largest absolute Gasteiger partial charge is 0.481 e. The molecule has 8 amide bonds. The SMILES string of the molecule is CC(C)C[C@H](NC(=O)C(C=O)=NC(=O)[C@H](CCC(N)=O)NC(=O)[C@@H](NC(=O)[C@H](CO)NC(=O)[C@H](C)NC(=O)[C@@H]1CC(O)CN1C(=O)CCCC(=O)O)C1CCCCC1)C(=O)O. The standard InChI is InChI=1S/C38H58N8O15/c1-19(2)14-24(38(60)61)42-34(56)25(17-47)44-33(55)23(12-13-28(39)50)41-37(59)31(21-8-5-4-6-9-21)45-35(57)26(18-48)43-32(54)20(3)40-36(58)27-15-22(49)16-46(27)29(51)10-7-11-30(52)53/h17,19-24,26-27,31,48-49H,4-16,18H2,1-3H3,(H2,39,50)(H,40,58)(H,41,59)(H,42,56)(H,43,54)(H,45,57)(H,52,53)(H,60,61)/t20-,22?,23-,24-,26-,27-,31-/m0/s1. The third-order valence-electron chi connectivity index (χ3n) is 10.1. The number of rotatable bonds is 24. The fraction of sp³-hybridized carbons (Fsp3) is 0.684. The Hall–Kier alpha value is -5.84. The number of aliphatic imine (C=N–C) groups is 1. The Morgan fingerprint density at radius 2 is 1.44 bits per heavy atom. The summed E-state index contributed by atoms with van der Waals surface area (Å²) in [6.07, 6.45) is 0.283. The molecule has 1 aliphatic carbocycles. The molecule has 11 N–H and O–H groups in total. The van der Waals surface area contributed by atoms with Crippen LogP contribution in [0.2, 0.25) is 0 Å². The number of nitrogens with zero attached hydrogens (tertiary/aromatic N) is 2. The topological polar surface area (TPSA) is 370 Å². The molecule has 61 heavy (non-hydrogen) atoms. The lowest BCUT2D eigenvalue weighted by Crippen LogP contribution is -2.60. The third kappa shape index (κ3) is 17.0. The first-order valence-electron chi connectivity index (χ1n) is 20.1. The number of aliphatic hydroxyl groups is 2. The van der Waals surface area contributed by atoms with E-state index in [1.165, 1.54) is 6.92 Å². The van der Waals surface area contributed by atoms with Gasteiger partial charge in [0.05, 0.1) is 12.7 Å². The zero-order chi connectivity index (χ0) is 46.0.